The van der Waals surface area contributed by atoms with Crippen LogP contribution in [0.1, 0.15) is 32.1 Å². The van der Waals surface area contributed by atoms with Crippen LogP contribution in [0.5, 0.6) is 0 Å². The van der Waals surface area contributed by atoms with Crippen LogP contribution in [0.15, 0.2) is 68.1 Å². The van der Waals surface area contributed by atoms with Crippen molar-refractivity contribution in [2.24, 2.45) is 0 Å². The number of nitrogens with zero attached hydrogens (tertiary/aromatic N) is 4. The molecule has 0 amide bonds. The van der Waals surface area contributed by atoms with Crippen LogP contribution in [0.2, 0.25) is 0 Å². The fourth-order valence-electron chi connectivity index (χ4n) is 3.74. The van der Waals surface area contributed by atoms with Gasteiger partial charge < -0.3 is 0 Å². The van der Waals surface area contributed by atoms with E-state index in [1.165, 1.54) is 23.2 Å². The molecule has 0 saturated heterocycles. The van der Waals surface area contributed by atoms with Gasteiger partial charge in [0.05, 0.1) is 12.4 Å². The van der Waals surface area contributed by atoms with Crippen molar-refractivity contribution in [1.29, 1.82) is 0 Å². The van der Waals surface area contributed by atoms with Crippen LogP contribution in [-0.2, 0) is 19.1 Å². The Morgan fingerprint density at radius 2 is 1.32 bits per heavy atom. The lowest BCUT2D eigenvalue weighted by Gasteiger charge is -2.22. The predicted octanol–water partition coefficient (Wildman–Crippen LogP) is 4.73. The van der Waals surface area contributed by atoms with Crippen molar-refractivity contribution in [3.8, 4) is 0 Å². The second-order valence-electron chi connectivity index (χ2n) is 7.74. The molecule has 0 atom stereocenters. The van der Waals surface area contributed by atoms with Crippen LogP contribution in [0, 0.1) is 0 Å². The van der Waals surface area contributed by atoms with Gasteiger partial charge in [-0.05, 0) is 69.0 Å². The van der Waals surface area contributed by atoms with E-state index in [2.05, 4.69) is 46.5 Å². The van der Waals surface area contributed by atoms with Crippen molar-refractivity contribution in [2.45, 2.75) is 48.2 Å². The standard InChI is InChI=1S/C13H16BrN3O2S.C7H4BrClN2O2S/c14-10-6-7-12-15-8-13(17(12)9-10)20(18,19)16-11-4-2-1-3-5-11;8-5-1-2-6-10-3-7(11(6)4-5)14(9,12)13/h6-9,11,16H,1-5H2;1-4H. The maximum atomic E-state index is 12.5. The number of imidazole rings is 2. The van der Waals surface area contributed by atoms with E-state index in [4.69, 9.17) is 10.7 Å². The smallest absolute Gasteiger partial charge is 0.278 e. The second kappa shape index (κ2) is 10.2. The Balaban J connectivity index is 0.000000172. The van der Waals surface area contributed by atoms with E-state index < -0.39 is 19.1 Å². The minimum Gasteiger partial charge on any atom is -0.288 e. The van der Waals surface area contributed by atoms with E-state index in [-0.39, 0.29) is 16.1 Å². The molecule has 1 aliphatic carbocycles. The Bertz CT molecular complexity index is 1550. The van der Waals surface area contributed by atoms with Crippen molar-refractivity contribution in [3.63, 3.8) is 0 Å². The summed E-state index contributed by atoms with van der Waals surface area (Å²) in [6.07, 6.45) is 11.2. The molecule has 9 nitrogen and oxygen atoms in total. The molecule has 4 aromatic rings. The fraction of sp³-hybridized carbons (Fsp3) is 0.300. The monoisotopic (exact) mass is 651 g/mol. The first-order valence-corrected chi connectivity index (χ1v) is 15.6. The zero-order valence-corrected chi connectivity index (χ0v) is 23.2. The van der Waals surface area contributed by atoms with Gasteiger partial charge in [-0.3, -0.25) is 8.80 Å². The van der Waals surface area contributed by atoms with Gasteiger partial charge in [0, 0.05) is 38.1 Å². The fourth-order valence-corrected chi connectivity index (χ4v) is 6.71. The highest BCUT2D eigenvalue weighted by Gasteiger charge is 2.24. The average Bonchev–Trinajstić information content (AvgIpc) is 3.38. The van der Waals surface area contributed by atoms with E-state index in [0.717, 1.165) is 34.6 Å². The van der Waals surface area contributed by atoms with Crippen molar-refractivity contribution in [1.82, 2.24) is 23.5 Å². The molecule has 14 heteroatoms. The summed E-state index contributed by atoms with van der Waals surface area (Å²) >= 11 is 6.58. The summed E-state index contributed by atoms with van der Waals surface area (Å²) in [7, 11) is -2.05. The number of aromatic nitrogens is 4. The summed E-state index contributed by atoms with van der Waals surface area (Å²) in [6.45, 7) is 0. The largest absolute Gasteiger partial charge is 0.288 e. The maximum Gasteiger partial charge on any atom is 0.278 e. The van der Waals surface area contributed by atoms with Gasteiger partial charge in [-0.1, -0.05) is 19.3 Å². The lowest BCUT2D eigenvalue weighted by Crippen LogP contribution is -2.36. The first-order chi connectivity index (χ1) is 16.0. The maximum absolute atomic E-state index is 12.5. The lowest BCUT2D eigenvalue weighted by molar-refractivity contribution is 0.411. The normalized spacial score (nSPS) is 15.4. The molecule has 1 saturated carbocycles. The number of hydrogen-bond acceptors (Lipinski definition) is 6. The molecule has 0 radical (unpaired) electrons. The molecule has 0 bridgehead atoms. The Morgan fingerprint density at radius 1 is 0.824 bits per heavy atom. The molecule has 0 aliphatic heterocycles. The third kappa shape index (κ3) is 5.82. The number of pyridine rings is 2. The number of nitrogens with one attached hydrogen (secondary N) is 1. The van der Waals surface area contributed by atoms with Gasteiger partial charge in [-0.25, -0.2) is 31.5 Å². The molecule has 4 aromatic heterocycles. The van der Waals surface area contributed by atoms with E-state index in [9.17, 15) is 16.8 Å². The lowest BCUT2D eigenvalue weighted by atomic mass is 9.96. The zero-order chi connectivity index (χ0) is 24.5. The molecule has 182 valence electrons. The highest BCUT2D eigenvalue weighted by atomic mass is 79.9. The number of sulfonamides is 1. The summed E-state index contributed by atoms with van der Waals surface area (Å²) in [5, 5.41) is 0.162. The van der Waals surface area contributed by atoms with E-state index >= 15 is 0 Å². The molecular formula is C20H20Br2ClN5O4S2. The van der Waals surface area contributed by atoms with E-state index in [0.29, 0.717) is 11.3 Å². The number of hydrogen-bond donors (Lipinski definition) is 1. The number of halogens is 3. The van der Waals surface area contributed by atoms with Crippen LogP contribution in [-0.4, -0.2) is 41.6 Å². The summed E-state index contributed by atoms with van der Waals surface area (Å²) in [4.78, 5) is 8.05. The Kier molecular flexibility index (Phi) is 7.70. The molecule has 1 N–H and O–H groups in total. The number of rotatable bonds is 4. The van der Waals surface area contributed by atoms with Gasteiger partial charge in [0.15, 0.2) is 10.1 Å². The molecule has 0 spiro atoms. The van der Waals surface area contributed by atoms with Crippen molar-refractivity contribution in [3.05, 3.63) is 58.0 Å². The minimum atomic E-state index is -3.75. The molecule has 4 heterocycles. The number of fused-ring (bicyclic) bond motifs is 2. The molecule has 5 rings (SSSR count). The molecule has 0 unspecified atom stereocenters. The van der Waals surface area contributed by atoms with Gasteiger partial charge in [0.2, 0.25) is 0 Å². The highest BCUT2D eigenvalue weighted by molar-refractivity contribution is 9.10. The van der Waals surface area contributed by atoms with Gasteiger partial charge in [0.1, 0.15) is 11.3 Å². The van der Waals surface area contributed by atoms with E-state index in [1.807, 2.05) is 6.07 Å². The van der Waals surface area contributed by atoms with Crippen molar-refractivity contribution in [2.75, 3.05) is 0 Å². The van der Waals surface area contributed by atoms with Gasteiger partial charge in [-0.15, -0.1) is 0 Å². The van der Waals surface area contributed by atoms with Crippen LogP contribution in [0.4, 0.5) is 0 Å². The van der Waals surface area contributed by atoms with Crippen molar-refractivity contribution >= 4 is 72.9 Å². The Hall–Kier alpha value is -1.51. The quantitative estimate of drug-likeness (QED) is 0.319. The Labute approximate surface area is 218 Å². The summed E-state index contributed by atoms with van der Waals surface area (Å²) in [6, 6.07) is 7.13. The average molecular weight is 654 g/mol. The van der Waals surface area contributed by atoms with Crippen LogP contribution < -0.4 is 4.72 Å². The predicted molar refractivity (Wildman–Crippen MR) is 136 cm³/mol. The molecular weight excluding hydrogens is 634 g/mol. The first-order valence-electron chi connectivity index (χ1n) is 10.3. The zero-order valence-electron chi connectivity index (χ0n) is 17.6. The molecule has 34 heavy (non-hydrogen) atoms. The molecule has 1 fully saturated rings. The van der Waals surface area contributed by atoms with E-state index in [1.54, 1.807) is 35.0 Å². The SMILES string of the molecule is O=S(=O)(Cl)c1cnc2ccc(Br)cn12.O=S(=O)(NC1CCCCC1)c1cnc2ccc(Br)cn12. The topological polar surface area (TPSA) is 115 Å². The third-order valence-corrected chi connectivity index (χ3v) is 9.03. The highest BCUT2D eigenvalue weighted by Crippen LogP contribution is 2.22. The van der Waals surface area contributed by atoms with Gasteiger partial charge >= 0.3 is 0 Å². The third-order valence-electron chi connectivity index (χ3n) is 5.32. The Morgan fingerprint density at radius 3 is 1.85 bits per heavy atom. The van der Waals surface area contributed by atoms with Crippen LogP contribution in [0.25, 0.3) is 11.3 Å². The summed E-state index contributed by atoms with van der Waals surface area (Å²) in [5.74, 6) is 0. The van der Waals surface area contributed by atoms with Gasteiger partial charge in [-0.2, -0.15) is 0 Å². The minimum absolute atomic E-state index is 0.0320. The van der Waals surface area contributed by atoms with Crippen molar-refractivity contribution < 1.29 is 16.8 Å². The van der Waals surface area contributed by atoms with Crippen LogP contribution >= 0.6 is 42.5 Å². The molecule has 1 aliphatic rings. The summed E-state index contributed by atoms with van der Waals surface area (Å²) in [5.41, 5.74) is 1.16. The first kappa shape index (κ1) is 25.6. The summed E-state index contributed by atoms with van der Waals surface area (Å²) < 4.78 is 54.6. The van der Waals surface area contributed by atoms with Gasteiger partial charge in [0.25, 0.3) is 19.1 Å². The van der Waals surface area contributed by atoms with Crippen LogP contribution in [0.3, 0.4) is 0 Å². The molecule has 0 aromatic carbocycles. The second-order valence-corrected chi connectivity index (χ2v) is 13.7.